The zero-order chi connectivity index (χ0) is 18.0. The van der Waals surface area contributed by atoms with E-state index in [4.69, 9.17) is 21.1 Å². The lowest BCUT2D eigenvalue weighted by Gasteiger charge is -2.19. The Morgan fingerprint density at radius 1 is 1.30 bits per heavy atom. The lowest BCUT2D eigenvalue weighted by Crippen LogP contribution is -2.37. The highest BCUT2D eigenvalue weighted by Gasteiger charge is 2.16. The van der Waals surface area contributed by atoms with Crippen LogP contribution in [0.4, 0.5) is 10.5 Å². The van der Waals surface area contributed by atoms with Crippen molar-refractivity contribution in [3.8, 4) is 0 Å². The van der Waals surface area contributed by atoms with E-state index in [-0.39, 0.29) is 12.5 Å². The summed E-state index contributed by atoms with van der Waals surface area (Å²) in [4.78, 5) is 31.9. The second-order valence-electron chi connectivity index (χ2n) is 5.60. The maximum atomic E-state index is 11.7. The molecule has 1 rings (SSSR count). The Morgan fingerprint density at radius 3 is 2.35 bits per heavy atom. The molecule has 2 amide bonds. The first-order chi connectivity index (χ1) is 10.6. The minimum absolute atomic E-state index is 0.156. The largest absolute Gasteiger partial charge is 0.444 e. The zero-order valence-electron chi connectivity index (χ0n) is 14.0. The molecule has 0 radical (unpaired) electrons. The molecule has 0 atom stereocenters. The molecule has 0 spiro atoms. The van der Waals surface area contributed by atoms with Gasteiger partial charge in [0.25, 0.3) is 0 Å². The van der Waals surface area contributed by atoms with E-state index in [2.05, 4.69) is 10.6 Å². The highest BCUT2D eigenvalue weighted by molar-refractivity contribution is 6.31. The minimum Gasteiger partial charge on any atom is -0.444 e. The normalized spacial score (nSPS) is 10.0. The van der Waals surface area contributed by atoms with Crippen molar-refractivity contribution in [2.24, 2.45) is 0 Å². The lowest BCUT2D eigenvalue weighted by molar-refractivity contribution is -0.115. The molecule has 0 bridgehead atoms. The molecule has 0 aliphatic heterocycles. The van der Waals surface area contributed by atoms with Crippen LogP contribution in [0, 0.1) is 6.92 Å². The van der Waals surface area contributed by atoms with Gasteiger partial charge in [0.15, 0.2) is 0 Å². The third-order valence-electron chi connectivity index (χ3n) is 2.23. The van der Waals surface area contributed by atoms with Gasteiger partial charge in [-0.05, 0) is 58.4 Å². The van der Waals surface area contributed by atoms with Gasteiger partial charge in [-0.1, -0.05) is 11.6 Å². The standard InChI is InChI=1S/C14H19ClN2O3.C2H4O/c1-9-7-10(5-6-11(9)15)17-12(18)8-16-13(19)20-14(2,3)4;1-2-3/h5-7H,8H2,1-4H3,(H,16,19)(H,17,18);2H,1H3. The number of anilines is 1. The van der Waals surface area contributed by atoms with Crippen molar-refractivity contribution in [3.63, 3.8) is 0 Å². The highest BCUT2D eigenvalue weighted by atomic mass is 35.5. The van der Waals surface area contributed by atoms with Gasteiger partial charge in [0.05, 0.1) is 0 Å². The van der Waals surface area contributed by atoms with Crippen LogP contribution in [-0.4, -0.2) is 30.4 Å². The van der Waals surface area contributed by atoms with Crippen LogP contribution in [-0.2, 0) is 14.3 Å². The average molecular weight is 343 g/mol. The van der Waals surface area contributed by atoms with Gasteiger partial charge in [-0.2, -0.15) is 0 Å². The molecule has 0 aliphatic carbocycles. The molecule has 1 aromatic carbocycles. The molecule has 0 fully saturated rings. The van der Waals surface area contributed by atoms with E-state index in [1.165, 1.54) is 6.92 Å². The van der Waals surface area contributed by atoms with Crippen LogP contribution in [0.5, 0.6) is 0 Å². The fraction of sp³-hybridized carbons (Fsp3) is 0.438. The molecule has 0 aliphatic rings. The smallest absolute Gasteiger partial charge is 0.408 e. The zero-order valence-corrected chi connectivity index (χ0v) is 14.8. The van der Waals surface area contributed by atoms with Crippen molar-refractivity contribution in [2.45, 2.75) is 40.2 Å². The summed E-state index contributed by atoms with van der Waals surface area (Å²) < 4.78 is 5.03. The van der Waals surface area contributed by atoms with Crippen LogP contribution in [0.25, 0.3) is 0 Å². The summed E-state index contributed by atoms with van der Waals surface area (Å²) in [7, 11) is 0. The molecular formula is C16H23ClN2O4. The summed E-state index contributed by atoms with van der Waals surface area (Å²) in [5, 5.41) is 5.68. The van der Waals surface area contributed by atoms with Crippen LogP contribution < -0.4 is 10.6 Å². The predicted molar refractivity (Wildman–Crippen MR) is 90.8 cm³/mol. The fourth-order valence-corrected chi connectivity index (χ4v) is 1.51. The number of carbonyl (C=O) groups excluding carboxylic acids is 3. The number of carbonyl (C=O) groups is 3. The first kappa shape index (κ1) is 20.9. The van der Waals surface area contributed by atoms with E-state index in [9.17, 15) is 9.59 Å². The fourth-order valence-electron chi connectivity index (χ4n) is 1.39. The van der Waals surface area contributed by atoms with Crippen molar-refractivity contribution < 1.29 is 19.1 Å². The molecule has 0 saturated carbocycles. The van der Waals surface area contributed by atoms with Gasteiger partial charge >= 0.3 is 6.09 Å². The Labute approximate surface area is 141 Å². The third-order valence-corrected chi connectivity index (χ3v) is 2.66. The number of amides is 2. The summed E-state index contributed by atoms with van der Waals surface area (Å²) in [5.41, 5.74) is 0.904. The molecule has 7 heteroatoms. The number of aldehydes is 1. The van der Waals surface area contributed by atoms with Gasteiger partial charge in [-0.15, -0.1) is 0 Å². The van der Waals surface area contributed by atoms with E-state index in [0.717, 1.165) is 11.8 Å². The van der Waals surface area contributed by atoms with Crippen molar-refractivity contribution in [1.82, 2.24) is 5.32 Å². The molecule has 0 aromatic heterocycles. The van der Waals surface area contributed by atoms with E-state index >= 15 is 0 Å². The second kappa shape index (κ2) is 9.84. The first-order valence-electron chi connectivity index (χ1n) is 7.01. The molecule has 128 valence electrons. The second-order valence-corrected chi connectivity index (χ2v) is 6.01. The van der Waals surface area contributed by atoms with Crippen molar-refractivity contribution in [3.05, 3.63) is 28.8 Å². The van der Waals surface area contributed by atoms with Gasteiger partial charge in [0.1, 0.15) is 18.4 Å². The molecule has 2 N–H and O–H groups in total. The van der Waals surface area contributed by atoms with Crippen molar-refractivity contribution in [1.29, 1.82) is 0 Å². The Kier molecular flexibility index (Phi) is 8.95. The number of hydrogen-bond donors (Lipinski definition) is 2. The summed E-state index contributed by atoms with van der Waals surface area (Å²) >= 11 is 5.90. The summed E-state index contributed by atoms with van der Waals surface area (Å²) in [6.45, 7) is 8.39. The topological polar surface area (TPSA) is 84.5 Å². The first-order valence-corrected chi connectivity index (χ1v) is 7.39. The van der Waals surface area contributed by atoms with Gasteiger partial charge in [0, 0.05) is 10.7 Å². The molecule has 1 aromatic rings. The average Bonchev–Trinajstić information content (AvgIpc) is 2.40. The number of halogens is 1. The van der Waals surface area contributed by atoms with E-state index in [1.807, 2.05) is 6.92 Å². The van der Waals surface area contributed by atoms with Crippen molar-refractivity contribution in [2.75, 3.05) is 11.9 Å². The van der Waals surface area contributed by atoms with E-state index in [0.29, 0.717) is 10.7 Å². The number of nitrogens with one attached hydrogen (secondary N) is 2. The predicted octanol–water partition coefficient (Wildman–Crippen LogP) is 3.32. The van der Waals surface area contributed by atoms with Crippen LogP contribution >= 0.6 is 11.6 Å². The lowest BCUT2D eigenvalue weighted by atomic mass is 10.2. The van der Waals surface area contributed by atoms with Gasteiger partial charge < -0.3 is 20.2 Å². The van der Waals surface area contributed by atoms with Gasteiger partial charge in [-0.25, -0.2) is 4.79 Å². The maximum absolute atomic E-state index is 11.7. The number of alkyl carbamates (subject to hydrolysis) is 1. The highest BCUT2D eigenvalue weighted by Crippen LogP contribution is 2.19. The van der Waals surface area contributed by atoms with Crippen molar-refractivity contribution >= 4 is 35.6 Å². The third kappa shape index (κ3) is 10.3. The molecule has 0 unspecified atom stereocenters. The SMILES string of the molecule is CC=O.Cc1cc(NC(=O)CNC(=O)OC(C)(C)C)ccc1Cl. The summed E-state index contributed by atoms with van der Waals surface area (Å²) in [6, 6.07) is 5.15. The minimum atomic E-state index is -0.625. The number of aryl methyl sites for hydroxylation is 1. The van der Waals surface area contributed by atoms with Crippen LogP contribution in [0.1, 0.15) is 33.3 Å². The number of benzene rings is 1. The Balaban J connectivity index is 0.00000149. The van der Waals surface area contributed by atoms with Crippen LogP contribution in [0.15, 0.2) is 18.2 Å². The molecule has 23 heavy (non-hydrogen) atoms. The number of ether oxygens (including phenoxy) is 1. The summed E-state index contributed by atoms with van der Waals surface area (Å²) in [5.74, 6) is -0.336. The van der Waals surface area contributed by atoms with E-state index in [1.54, 1.807) is 39.0 Å². The van der Waals surface area contributed by atoms with Crippen LogP contribution in [0.2, 0.25) is 5.02 Å². The quantitative estimate of drug-likeness (QED) is 0.825. The maximum Gasteiger partial charge on any atom is 0.408 e. The van der Waals surface area contributed by atoms with Gasteiger partial charge in [0.2, 0.25) is 5.91 Å². The monoisotopic (exact) mass is 342 g/mol. The van der Waals surface area contributed by atoms with E-state index < -0.39 is 11.7 Å². The Morgan fingerprint density at radius 2 is 1.87 bits per heavy atom. The van der Waals surface area contributed by atoms with Gasteiger partial charge in [-0.3, -0.25) is 4.79 Å². The number of hydrogen-bond acceptors (Lipinski definition) is 4. The molecule has 0 heterocycles. The molecule has 6 nitrogen and oxygen atoms in total. The molecule has 0 saturated heterocycles. The Bertz CT molecular complexity index is 554. The summed E-state index contributed by atoms with van der Waals surface area (Å²) in [6.07, 6.45) is 0.125. The number of rotatable bonds is 3. The van der Waals surface area contributed by atoms with Crippen LogP contribution in [0.3, 0.4) is 0 Å². The molecular weight excluding hydrogens is 320 g/mol. The Hall–Kier alpha value is -2.08.